The summed E-state index contributed by atoms with van der Waals surface area (Å²) in [6, 6.07) is 6.07. The first kappa shape index (κ1) is 17.9. The molecule has 1 fully saturated rings. The molecular weight excluding hydrogens is 320 g/mol. The number of rotatable bonds is 3. The van der Waals surface area contributed by atoms with Crippen LogP contribution in [0, 0.1) is 5.92 Å². The Morgan fingerprint density at radius 3 is 2.60 bits per heavy atom. The Morgan fingerprint density at radius 1 is 1.28 bits per heavy atom. The lowest BCUT2D eigenvalue weighted by atomic mass is 9.80. The molecule has 1 unspecified atom stereocenters. The van der Waals surface area contributed by atoms with Crippen molar-refractivity contribution in [2.75, 3.05) is 26.4 Å². The van der Waals surface area contributed by atoms with Crippen LogP contribution < -0.4 is 15.2 Å². The maximum Gasteiger partial charge on any atom is 0.410 e. The van der Waals surface area contributed by atoms with Crippen molar-refractivity contribution in [2.45, 2.75) is 45.1 Å². The lowest BCUT2D eigenvalue weighted by Gasteiger charge is -2.36. The quantitative estimate of drug-likeness (QED) is 0.908. The van der Waals surface area contributed by atoms with Crippen molar-refractivity contribution >= 4 is 6.09 Å². The molecule has 0 aromatic heterocycles. The van der Waals surface area contributed by atoms with Gasteiger partial charge in [0, 0.05) is 13.1 Å². The minimum Gasteiger partial charge on any atom is -0.454 e. The summed E-state index contributed by atoms with van der Waals surface area (Å²) < 4.78 is 16.3. The number of piperidine rings is 1. The monoisotopic (exact) mass is 348 g/mol. The number of hydrogen-bond donors (Lipinski definition) is 1. The van der Waals surface area contributed by atoms with Crippen LogP contribution in [0.5, 0.6) is 11.5 Å². The number of nitrogens with zero attached hydrogens (tertiary/aromatic N) is 1. The fourth-order valence-corrected chi connectivity index (χ4v) is 3.56. The Bertz CT molecular complexity index is 618. The smallest absolute Gasteiger partial charge is 0.410 e. The van der Waals surface area contributed by atoms with Crippen molar-refractivity contribution in [1.29, 1.82) is 0 Å². The van der Waals surface area contributed by atoms with E-state index in [0.717, 1.165) is 24.3 Å². The molecule has 25 heavy (non-hydrogen) atoms. The van der Waals surface area contributed by atoms with Gasteiger partial charge in [0.1, 0.15) is 5.60 Å². The van der Waals surface area contributed by atoms with Gasteiger partial charge in [-0.1, -0.05) is 6.07 Å². The number of amides is 1. The number of carbonyl (C=O) groups excluding carboxylic acids is 1. The van der Waals surface area contributed by atoms with E-state index in [1.165, 1.54) is 5.56 Å². The second-order valence-electron chi connectivity index (χ2n) is 7.76. The topological polar surface area (TPSA) is 74.0 Å². The molecule has 2 aliphatic heterocycles. The molecule has 1 saturated heterocycles. The average molecular weight is 348 g/mol. The highest BCUT2D eigenvalue weighted by Gasteiger charge is 2.31. The lowest BCUT2D eigenvalue weighted by Crippen LogP contribution is -2.43. The fourth-order valence-electron chi connectivity index (χ4n) is 3.56. The first-order valence-electron chi connectivity index (χ1n) is 8.95. The molecule has 2 N–H and O–H groups in total. The van der Waals surface area contributed by atoms with Crippen molar-refractivity contribution in [1.82, 2.24) is 4.90 Å². The Labute approximate surface area is 149 Å². The van der Waals surface area contributed by atoms with E-state index in [2.05, 4.69) is 6.07 Å². The minimum atomic E-state index is -0.458. The van der Waals surface area contributed by atoms with Crippen LogP contribution in [0.15, 0.2) is 18.2 Å². The number of benzene rings is 1. The summed E-state index contributed by atoms with van der Waals surface area (Å²) >= 11 is 0. The van der Waals surface area contributed by atoms with E-state index in [0.29, 0.717) is 25.6 Å². The van der Waals surface area contributed by atoms with E-state index in [-0.39, 0.29) is 18.8 Å². The zero-order valence-electron chi connectivity index (χ0n) is 15.3. The summed E-state index contributed by atoms with van der Waals surface area (Å²) in [4.78, 5) is 14.0. The maximum absolute atomic E-state index is 12.2. The van der Waals surface area contributed by atoms with Gasteiger partial charge in [0.05, 0.1) is 0 Å². The predicted octanol–water partition coefficient (Wildman–Crippen LogP) is 3.10. The van der Waals surface area contributed by atoms with Gasteiger partial charge in [0.15, 0.2) is 11.5 Å². The second-order valence-corrected chi connectivity index (χ2v) is 7.76. The molecule has 0 spiro atoms. The summed E-state index contributed by atoms with van der Waals surface area (Å²) in [5.74, 6) is 2.29. The molecule has 2 heterocycles. The largest absolute Gasteiger partial charge is 0.454 e. The molecule has 6 nitrogen and oxygen atoms in total. The van der Waals surface area contributed by atoms with Crippen molar-refractivity contribution in [3.05, 3.63) is 23.8 Å². The van der Waals surface area contributed by atoms with Gasteiger partial charge < -0.3 is 24.8 Å². The third-order valence-electron chi connectivity index (χ3n) is 4.84. The summed E-state index contributed by atoms with van der Waals surface area (Å²) in [6.45, 7) is 7.95. The van der Waals surface area contributed by atoms with Crippen LogP contribution >= 0.6 is 0 Å². The SMILES string of the molecule is CC(C)(C)OC(=O)N1CCC(C(CN)c2ccc3c(c2)OCO3)CC1. The average Bonchev–Trinajstić information content (AvgIpc) is 3.02. The summed E-state index contributed by atoms with van der Waals surface area (Å²) in [5.41, 5.74) is 6.81. The molecule has 3 rings (SSSR count). The van der Waals surface area contributed by atoms with Gasteiger partial charge in [-0.3, -0.25) is 0 Å². The molecule has 0 radical (unpaired) electrons. The zero-order chi connectivity index (χ0) is 18.0. The Hall–Kier alpha value is -1.95. The molecule has 0 saturated carbocycles. The van der Waals surface area contributed by atoms with Gasteiger partial charge in [-0.25, -0.2) is 4.79 Å². The molecule has 6 heteroatoms. The number of carbonyl (C=O) groups is 1. The van der Waals surface area contributed by atoms with Crippen molar-refractivity contribution in [2.24, 2.45) is 11.7 Å². The Kier molecular flexibility index (Phi) is 5.08. The highest BCUT2D eigenvalue weighted by atomic mass is 16.7. The highest BCUT2D eigenvalue weighted by Crippen LogP contribution is 2.38. The van der Waals surface area contributed by atoms with Gasteiger partial charge in [0.2, 0.25) is 6.79 Å². The normalized spacial score (nSPS) is 19.0. The number of nitrogens with two attached hydrogens (primary N) is 1. The molecule has 1 amide bonds. The molecule has 1 aromatic carbocycles. The standard InChI is InChI=1S/C19H28N2O4/c1-19(2,3)25-18(22)21-8-6-13(7-9-21)15(11-20)14-4-5-16-17(10-14)24-12-23-16/h4-5,10,13,15H,6-9,11-12,20H2,1-3H3. The molecule has 0 aliphatic carbocycles. The first-order chi connectivity index (χ1) is 11.9. The van der Waals surface area contributed by atoms with Gasteiger partial charge in [-0.2, -0.15) is 0 Å². The van der Waals surface area contributed by atoms with Crippen LogP contribution in [0.25, 0.3) is 0 Å². The van der Waals surface area contributed by atoms with Crippen LogP contribution in [-0.4, -0.2) is 43.0 Å². The number of ether oxygens (including phenoxy) is 3. The van der Waals surface area contributed by atoms with Gasteiger partial charge in [-0.15, -0.1) is 0 Å². The molecule has 1 atom stereocenters. The number of likely N-dealkylation sites (tertiary alicyclic amines) is 1. The predicted molar refractivity (Wildman–Crippen MR) is 94.9 cm³/mol. The third kappa shape index (κ3) is 4.18. The third-order valence-corrected chi connectivity index (χ3v) is 4.84. The lowest BCUT2D eigenvalue weighted by molar-refractivity contribution is 0.0175. The van der Waals surface area contributed by atoms with E-state index >= 15 is 0 Å². The van der Waals surface area contributed by atoms with Crippen LogP contribution in [-0.2, 0) is 4.74 Å². The van der Waals surface area contributed by atoms with E-state index in [9.17, 15) is 4.79 Å². The second kappa shape index (κ2) is 7.12. The molecule has 0 bridgehead atoms. The molecular formula is C19H28N2O4. The molecule has 1 aromatic rings. The van der Waals surface area contributed by atoms with Crippen LogP contribution in [0.3, 0.4) is 0 Å². The van der Waals surface area contributed by atoms with E-state index in [1.54, 1.807) is 4.90 Å². The number of hydrogen-bond acceptors (Lipinski definition) is 5. The van der Waals surface area contributed by atoms with Crippen molar-refractivity contribution < 1.29 is 19.0 Å². The van der Waals surface area contributed by atoms with E-state index in [1.807, 2.05) is 32.9 Å². The van der Waals surface area contributed by atoms with Gasteiger partial charge in [0.25, 0.3) is 0 Å². The van der Waals surface area contributed by atoms with E-state index < -0.39 is 5.60 Å². The molecule has 138 valence electrons. The molecule has 2 aliphatic rings. The van der Waals surface area contributed by atoms with E-state index in [4.69, 9.17) is 19.9 Å². The Balaban J connectivity index is 1.62. The van der Waals surface area contributed by atoms with Gasteiger partial charge >= 0.3 is 6.09 Å². The van der Waals surface area contributed by atoms with Crippen LogP contribution in [0.2, 0.25) is 0 Å². The minimum absolute atomic E-state index is 0.224. The zero-order valence-corrected chi connectivity index (χ0v) is 15.3. The number of fused-ring (bicyclic) bond motifs is 1. The maximum atomic E-state index is 12.2. The fraction of sp³-hybridized carbons (Fsp3) is 0.632. The Morgan fingerprint density at radius 2 is 1.96 bits per heavy atom. The van der Waals surface area contributed by atoms with Gasteiger partial charge in [-0.05, 0) is 69.7 Å². The van der Waals surface area contributed by atoms with Crippen molar-refractivity contribution in [3.8, 4) is 11.5 Å². The van der Waals surface area contributed by atoms with Crippen molar-refractivity contribution in [3.63, 3.8) is 0 Å². The van der Waals surface area contributed by atoms with Crippen LogP contribution in [0.1, 0.15) is 45.1 Å². The first-order valence-corrected chi connectivity index (χ1v) is 8.95. The summed E-state index contributed by atoms with van der Waals surface area (Å²) in [7, 11) is 0. The summed E-state index contributed by atoms with van der Waals surface area (Å²) in [5, 5.41) is 0. The van der Waals surface area contributed by atoms with Crippen LogP contribution in [0.4, 0.5) is 4.79 Å². The summed E-state index contributed by atoms with van der Waals surface area (Å²) in [6.07, 6.45) is 1.63. The highest BCUT2D eigenvalue weighted by molar-refractivity contribution is 5.68.